The largest absolute Gasteiger partial charge is 0.487 e. The standard InChI is InChI=1S/C23H30N2O4/c1-22(27)17-23(29-16-21(22)26)8-11-25(12-9-23)14-18-5-4-7-20(13-18)28-15-19-6-2-3-10-24-19/h2-7,10,13,21,26-27H,8-9,11-12,14-17H2,1H3/t21-,22-/m0/s1. The van der Waals surface area contributed by atoms with Crippen LogP contribution in [-0.4, -0.2) is 57.1 Å². The summed E-state index contributed by atoms with van der Waals surface area (Å²) in [7, 11) is 0. The maximum atomic E-state index is 10.5. The number of aliphatic hydroxyl groups is 2. The Hall–Kier alpha value is -1.99. The summed E-state index contributed by atoms with van der Waals surface area (Å²) in [5.41, 5.74) is 0.742. The average Bonchev–Trinajstić information content (AvgIpc) is 2.72. The summed E-state index contributed by atoms with van der Waals surface area (Å²) >= 11 is 0. The van der Waals surface area contributed by atoms with Crippen LogP contribution in [0.15, 0.2) is 48.7 Å². The van der Waals surface area contributed by atoms with Crippen molar-refractivity contribution in [2.45, 2.75) is 56.6 Å². The van der Waals surface area contributed by atoms with Crippen LogP contribution in [0.3, 0.4) is 0 Å². The summed E-state index contributed by atoms with van der Waals surface area (Å²) in [6.45, 7) is 5.05. The van der Waals surface area contributed by atoms with Crippen LogP contribution in [0.1, 0.15) is 37.4 Å². The Morgan fingerprint density at radius 1 is 1.21 bits per heavy atom. The minimum Gasteiger partial charge on any atom is -0.487 e. The second-order valence-corrected chi connectivity index (χ2v) is 8.58. The number of rotatable bonds is 5. The zero-order valence-corrected chi connectivity index (χ0v) is 17.0. The highest BCUT2D eigenvalue weighted by molar-refractivity contribution is 5.28. The molecule has 2 aliphatic heterocycles. The lowest BCUT2D eigenvalue weighted by Gasteiger charge is -2.50. The summed E-state index contributed by atoms with van der Waals surface area (Å²) in [5, 5.41) is 20.4. The number of benzene rings is 1. The van der Waals surface area contributed by atoms with Gasteiger partial charge in [-0.2, -0.15) is 0 Å². The van der Waals surface area contributed by atoms with Crippen LogP contribution < -0.4 is 4.74 Å². The molecule has 0 bridgehead atoms. The van der Waals surface area contributed by atoms with E-state index in [4.69, 9.17) is 9.47 Å². The normalized spacial score (nSPS) is 27.1. The molecule has 2 fully saturated rings. The zero-order valence-electron chi connectivity index (χ0n) is 17.0. The maximum Gasteiger partial charge on any atom is 0.130 e. The molecule has 4 rings (SSSR count). The third kappa shape index (κ3) is 4.95. The maximum absolute atomic E-state index is 10.5. The molecule has 6 nitrogen and oxygen atoms in total. The Bertz CT molecular complexity index is 804. The van der Waals surface area contributed by atoms with Crippen LogP contribution in [0.5, 0.6) is 5.75 Å². The molecule has 2 aliphatic rings. The minimum absolute atomic E-state index is 0.211. The smallest absolute Gasteiger partial charge is 0.130 e. The first-order chi connectivity index (χ1) is 13.9. The fourth-order valence-electron chi connectivity index (χ4n) is 4.33. The third-order valence-corrected chi connectivity index (χ3v) is 6.13. The van der Waals surface area contributed by atoms with Gasteiger partial charge in [-0.05, 0) is 49.6 Å². The van der Waals surface area contributed by atoms with Crippen LogP contribution >= 0.6 is 0 Å². The van der Waals surface area contributed by atoms with Gasteiger partial charge in [-0.1, -0.05) is 18.2 Å². The average molecular weight is 399 g/mol. The quantitative estimate of drug-likeness (QED) is 0.806. The van der Waals surface area contributed by atoms with E-state index in [1.807, 2.05) is 30.3 Å². The molecule has 0 unspecified atom stereocenters. The molecule has 0 saturated carbocycles. The third-order valence-electron chi connectivity index (χ3n) is 6.13. The molecule has 1 aromatic heterocycles. The first-order valence-corrected chi connectivity index (χ1v) is 10.3. The number of nitrogens with zero attached hydrogens (tertiary/aromatic N) is 2. The number of piperidine rings is 1. The van der Waals surface area contributed by atoms with E-state index in [1.54, 1.807) is 13.1 Å². The molecule has 156 valence electrons. The van der Waals surface area contributed by atoms with Gasteiger partial charge in [0.2, 0.25) is 0 Å². The molecule has 2 aromatic rings. The molecule has 0 amide bonds. The van der Waals surface area contributed by atoms with Gasteiger partial charge in [-0.3, -0.25) is 9.88 Å². The molecule has 0 radical (unpaired) electrons. The van der Waals surface area contributed by atoms with Gasteiger partial charge in [0.05, 0.1) is 23.5 Å². The van der Waals surface area contributed by atoms with E-state index in [-0.39, 0.29) is 12.2 Å². The highest BCUT2D eigenvalue weighted by Gasteiger charge is 2.48. The van der Waals surface area contributed by atoms with Crippen molar-refractivity contribution in [2.24, 2.45) is 0 Å². The Morgan fingerprint density at radius 3 is 2.76 bits per heavy atom. The summed E-state index contributed by atoms with van der Waals surface area (Å²) in [4.78, 5) is 6.70. The van der Waals surface area contributed by atoms with Crippen LogP contribution in [0.4, 0.5) is 0 Å². The number of ether oxygens (including phenoxy) is 2. The fourth-order valence-corrected chi connectivity index (χ4v) is 4.33. The van der Waals surface area contributed by atoms with Gasteiger partial charge < -0.3 is 19.7 Å². The fraction of sp³-hybridized carbons (Fsp3) is 0.522. The van der Waals surface area contributed by atoms with Crippen LogP contribution in [-0.2, 0) is 17.9 Å². The first kappa shape index (κ1) is 20.3. The van der Waals surface area contributed by atoms with Gasteiger partial charge in [0.25, 0.3) is 0 Å². The minimum atomic E-state index is -1.07. The topological polar surface area (TPSA) is 75.1 Å². The summed E-state index contributed by atoms with van der Waals surface area (Å²) in [6, 6.07) is 14.0. The van der Waals surface area contributed by atoms with Crippen LogP contribution in [0.2, 0.25) is 0 Å². The Balaban J connectivity index is 1.30. The first-order valence-electron chi connectivity index (χ1n) is 10.3. The number of likely N-dealkylation sites (tertiary alicyclic amines) is 1. The second-order valence-electron chi connectivity index (χ2n) is 8.58. The van der Waals surface area contributed by atoms with E-state index < -0.39 is 11.7 Å². The van der Waals surface area contributed by atoms with Crippen molar-refractivity contribution >= 4 is 0 Å². The van der Waals surface area contributed by atoms with Gasteiger partial charge in [-0.15, -0.1) is 0 Å². The summed E-state index contributed by atoms with van der Waals surface area (Å²) in [6.07, 6.45) is 3.19. The van der Waals surface area contributed by atoms with E-state index in [2.05, 4.69) is 22.0 Å². The lowest BCUT2D eigenvalue weighted by atomic mass is 9.76. The molecular formula is C23H30N2O4. The lowest BCUT2D eigenvalue weighted by Crippen LogP contribution is -2.59. The van der Waals surface area contributed by atoms with Gasteiger partial charge >= 0.3 is 0 Å². The molecule has 2 saturated heterocycles. The monoisotopic (exact) mass is 398 g/mol. The van der Waals surface area contributed by atoms with Crippen molar-refractivity contribution < 1.29 is 19.7 Å². The van der Waals surface area contributed by atoms with E-state index in [9.17, 15) is 10.2 Å². The van der Waals surface area contributed by atoms with Crippen molar-refractivity contribution in [3.63, 3.8) is 0 Å². The number of hydrogen-bond donors (Lipinski definition) is 2. The van der Waals surface area contributed by atoms with E-state index >= 15 is 0 Å². The van der Waals surface area contributed by atoms with Gasteiger partial charge in [-0.25, -0.2) is 0 Å². The number of hydrogen-bond acceptors (Lipinski definition) is 6. The number of aromatic nitrogens is 1. The van der Waals surface area contributed by atoms with Crippen LogP contribution in [0.25, 0.3) is 0 Å². The predicted molar refractivity (Wildman–Crippen MR) is 109 cm³/mol. The second kappa shape index (κ2) is 8.40. The van der Waals surface area contributed by atoms with E-state index in [0.717, 1.165) is 43.9 Å². The molecule has 0 aliphatic carbocycles. The molecule has 3 heterocycles. The molecule has 2 atom stereocenters. The summed E-state index contributed by atoms with van der Waals surface area (Å²) in [5.74, 6) is 0.849. The number of pyridine rings is 1. The van der Waals surface area contributed by atoms with E-state index in [1.165, 1.54) is 5.56 Å². The van der Waals surface area contributed by atoms with Gasteiger partial charge in [0, 0.05) is 32.3 Å². The van der Waals surface area contributed by atoms with Gasteiger partial charge in [0.1, 0.15) is 18.5 Å². The Labute approximate surface area is 172 Å². The SMILES string of the molecule is C[C@]1(O)CC2(CCN(Cc3cccc(OCc4ccccn4)c3)CC2)OC[C@@H]1O. The molecule has 1 spiro atoms. The predicted octanol–water partition coefficient (Wildman–Crippen LogP) is 2.53. The zero-order chi connectivity index (χ0) is 20.3. The molecule has 2 N–H and O–H groups in total. The van der Waals surface area contributed by atoms with Crippen LogP contribution in [0, 0.1) is 0 Å². The summed E-state index contributed by atoms with van der Waals surface area (Å²) < 4.78 is 11.9. The van der Waals surface area contributed by atoms with Crippen molar-refractivity contribution in [1.29, 1.82) is 0 Å². The molecule has 6 heteroatoms. The van der Waals surface area contributed by atoms with Crippen molar-refractivity contribution in [3.05, 3.63) is 59.9 Å². The lowest BCUT2D eigenvalue weighted by molar-refractivity contribution is -0.223. The molecule has 1 aromatic carbocycles. The van der Waals surface area contributed by atoms with Gasteiger partial charge in [0.15, 0.2) is 0 Å². The van der Waals surface area contributed by atoms with E-state index in [0.29, 0.717) is 13.0 Å². The highest BCUT2D eigenvalue weighted by Crippen LogP contribution is 2.39. The Kier molecular flexibility index (Phi) is 5.88. The molecular weight excluding hydrogens is 368 g/mol. The van der Waals surface area contributed by atoms with Crippen molar-refractivity contribution in [2.75, 3.05) is 19.7 Å². The Morgan fingerprint density at radius 2 is 2.03 bits per heavy atom. The van der Waals surface area contributed by atoms with Crippen molar-refractivity contribution in [3.8, 4) is 5.75 Å². The molecule has 29 heavy (non-hydrogen) atoms. The highest BCUT2D eigenvalue weighted by atomic mass is 16.5. The van der Waals surface area contributed by atoms with Crippen molar-refractivity contribution in [1.82, 2.24) is 9.88 Å². The number of aliphatic hydroxyl groups excluding tert-OH is 1.